The summed E-state index contributed by atoms with van der Waals surface area (Å²) in [5.74, 6) is -0.0202. The molecule has 0 saturated carbocycles. The normalized spacial score (nSPS) is 26.5. The fraction of sp³-hybridized carbons (Fsp3) is 0.556. The fourth-order valence-corrected chi connectivity index (χ4v) is 1.66. The Morgan fingerprint density at radius 3 is 2.86 bits per heavy atom. The van der Waals surface area contributed by atoms with E-state index in [1.165, 1.54) is 0 Å². The molecule has 14 heavy (non-hydrogen) atoms. The SMILES string of the molecule is CCn1cc(N2C(=O)[C@@H](N)[C@H]2C)cn1. The first-order valence-corrected chi connectivity index (χ1v) is 4.76. The van der Waals surface area contributed by atoms with Crippen LogP contribution in [0.15, 0.2) is 12.4 Å². The summed E-state index contributed by atoms with van der Waals surface area (Å²) in [5.41, 5.74) is 6.45. The minimum Gasteiger partial charge on any atom is -0.318 e. The number of aryl methyl sites for hydroxylation is 1. The predicted octanol–water partition coefficient (Wildman–Crippen LogP) is -0.0346. The number of hydrogen-bond donors (Lipinski definition) is 1. The molecule has 5 heteroatoms. The topological polar surface area (TPSA) is 64.2 Å². The van der Waals surface area contributed by atoms with Crippen molar-refractivity contribution in [2.75, 3.05) is 4.90 Å². The molecular formula is C9H14N4O. The van der Waals surface area contributed by atoms with Gasteiger partial charge in [-0.15, -0.1) is 0 Å². The highest BCUT2D eigenvalue weighted by molar-refractivity contribution is 6.04. The highest BCUT2D eigenvalue weighted by atomic mass is 16.2. The Bertz CT molecular complexity index is 359. The smallest absolute Gasteiger partial charge is 0.246 e. The van der Waals surface area contributed by atoms with Crippen LogP contribution in [0.5, 0.6) is 0 Å². The molecule has 76 valence electrons. The summed E-state index contributed by atoms with van der Waals surface area (Å²) in [5, 5.41) is 4.11. The third-order valence-electron chi connectivity index (χ3n) is 2.67. The van der Waals surface area contributed by atoms with Gasteiger partial charge >= 0.3 is 0 Å². The van der Waals surface area contributed by atoms with Crippen LogP contribution < -0.4 is 10.6 Å². The largest absolute Gasteiger partial charge is 0.318 e. The molecule has 0 aromatic carbocycles. The van der Waals surface area contributed by atoms with Crippen molar-refractivity contribution in [1.82, 2.24) is 9.78 Å². The lowest BCUT2D eigenvalue weighted by Gasteiger charge is -2.42. The zero-order valence-corrected chi connectivity index (χ0v) is 8.34. The van der Waals surface area contributed by atoms with E-state index in [4.69, 9.17) is 5.73 Å². The minimum atomic E-state index is -0.347. The van der Waals surface area contributed by atoms with Gasteiger partial charge < -0.3 is 10.6 Å². The molecule has 0 aliphatic carbocycles. The minimum absolute atomic E-state index is 0.0202. The highest BCUT2D eigenvalue weighted by Crippen LogP contribution is 2.26. The molecule has 0 unspecified atom stereocenters. The summed E-state index contributed by atoms with van der Waals surface area (Å²) in [6.07, 6.45) is 3.56. The van der Waals surface area contributed by atoms with Crippen molar-refractivity contribution in [2.24, 2.45) is 5.73 Å². The number of β-lactam (4-membered cyclic amide) rings is 1. The quantitative estimate of drug-likeness (QED) is 0.672. The van der Waals surface area contributed by atoms with Gasteiger partial charge in [-0.3, -0.25) is 9.48 Å². The zero-order valence-electron chi connectivity index (χ0n) is 8.34. The average molecular weight is 194 g/mol. The molecule has 2 rings (SSSR count). The Balaban J connectivity index is 2.20. The Morgan fingerprint density at radius 1 is 1.64 bits per heavy atom. The standard InChI is InChI=1S/C9H14N4O/c1-3-12-5-7(4-11-12)13-6(2)8(10)9(13)14/h4-6,8H,3,10H2,1-2H3/t6-,8+/m1/s1. The van der Waals surface area contributed by atoms with E-state index in [1.807, 2.05) is 20.0 Å². The van der Waals surface area contributed by atoms with E-state index in [9.17, 15) is 4.79 Å². The number of amides is 1. The monoisotopic (exact) mass is 194 g/mol. The van der Waals surface area contributed by atoms with E-state index in [0.717, 1.165) is 12.2 Å². The van der Waals surface area contributed by atoms with Crippen molar-refractivity contribution in [3.8, 4) is 0 Å². The molecule has 0 radical (unpaired) electrons. The molecule has 1 saturated heterocycles. The van der Waals surface area contributed by atoms with Crippen molar-refractivity contribution in [2.45, 2.75) is 32.5 Å². The van der Waals surface area contributed by atoms with Crippen molar-refractivity contribution >= 4 is 11.6 Å². The predicted molar refractivity (Wildman–Crippen MR) is 52.8 cm³/mol. The van der Waals surface area contributed by atoms with Gasteiger partial charge in [0.1, 0.15) is 6.04 Å². The summed E-state index contributed by atoms with van der Waals surface area (Å²) in [7, 11) is 0. The number of carbonyl (C=O) groups is 1. The van der Waals surface area contributed by atoms with Crippen LogP contribution in [0.25, 0.3) is 0 Å². The Labute approximate surface area is 82.5 Å². The number of anilines is 1. The molecule has 5 nitrogen and oxygen atoms in total. The molecule has 2 heterocycles. The summed E-state index contributed by atoms with van der Waals surface area (Å²) < 4.78 is 1.79. The number of aromatic nitrogens is 2. The van der Waals surface area contributed by atoms with E-state index in [-0.39, 0.29) is 18.0 Å². The molecule has 1 aliphatic heterocycles. The third kappa shape index (κ3) is 1.13. The number of hydrogen-bond acceptors (Lipinski definition) is 3. The maximum atomic E-state index is 11.4. The average Bonchev–Trinajstić information content (AvgIpc) is 2.66. The highest BCUT2D eigenvalue weighted by Gasteiger charge is 2.42. The van der Waals surface area contributed by atoms with Gasteiger partial charge in [-0.2, -0.15) is 5.10 Å². The molecule has 2 atom stereocenters. The van der Waals surface area contributed by atoms with Gasteiger partial charge in [0, 0.05) is 12.7 Å². The van der Waals surface area contributed by atoms with Gasteiger partial charge in [-0.05, 0) is 13.8 Å². The first kappa shape index (κ1) is 9.21. The van der Waals surface area contributed by atoms with Crippen LogP contribution in [0.2, 0.25) is 0 Å². The molecule has 2 N–H and O–H groups in total. The van der Waals surface area contributed by atoms with Crippen LogP contribution in [-0.4, -0.2) is 27.8 Å². The van der Waals surface area contributed by atoms with Crippen LogP contribution in [-0.2, 0) is 11.3 Å². The van der Waals surface area contributed by atoms with Crippen molar-refractivity contribution in [3.05, 3.63) is 12.4 Å². The lowest BCUT2D eigenvalue weighted by Crippen LogP contribution is -2.67. The second-order valence-corrected chi connectivity index (χ2v) is 3.53. The Kier molecular flexibility index (Phi) is 2.03. The summed E-state index contributed by atoms with van der Waals surface area (Å²) >= 11 is 0. The maximum Gasteiger partial charge on any atom is 0.246 e. The van der Waals surface area contributed by atoms with Crippen LogP contribution in [0, 0.1) is 0 Å². The van der Waals surface area contributed by atoms with Gasteiger partial charge in [0.05, 0.1) is 17.9 Å². The van der Waals surface area contributed by atoms with Gasteiger partial charge in [0.15, 0.2) is 0 Å². The van der Waals surface area contributed by atoms with E-state index in [2.05, 4.69) is 5.10 Å². The van der Waals surface area contributed by atoms with Crippen molar-refractivity contribution in [1.29, 1.82) is 0 Å². The van der Waals surface area contributed by atoms with Crippen LogP contribution >= 0.6 is 0 Å². The van der Waals surface area contributed by atoms with Gasteiger partial charge in [-0.1, -0.05) is 0 Å². The molecule has 1 amide bonds. The molecule has 0 bridgehead atoms. The number of nitrogens with zero attached hydrogens (tertiary/aromatic N) is 3. The van der Waals surface area contributed by atoms with Gasteiger partial charge in [0.2, 0.25) is 5.91 Å². The number of rotatable bonds is 2. The second kappa shape index (κ2) is 3.09. The molecule has 1 aliphatic rings. The van der Waals surface area contributed by atoms with E-state index in [0.29, 0.717) is 0 Å². The maximum absolute atomic E-state index is 11.4. The lowest BCUT2D eigenvalue weighted by molar-refractivity contribution is -0.125. The van der Waals surface area contributed by atoms with E-state index < -0.39 is 0 Å². The summed E-state index contributed by atoms with van der Waals surface area (Å²) in [4.78, 5) is 13.1. The summed E-state index contributed by atoms with van der Waals surface area (Å²) in [6, 6.07) is -0.267. The first-order valence-electron chi connectivity index (χ1n) is 4.76. The van der Waals surface area contributed by atoms with Crippen molar-refractivity contribution < 1.29 is 4.79 Å². The second-order valence-electron chi connectivity index (χ2n) is 3.53. The van der Waals surface area contributed by atoms with Crippen molar-refractivity contribution in [3.63, 3.8) is 0 Å². The van der Waals surface area contributed by atoms with Crippen LogP contribution in [0.3, 0.4) is 0 Å². The summed E-state index contributed by atoms with van der Waals surface area (Å²) in [6.45, 7) is 4.75. The molecular weight excluding hydrogens is 180 g/mol. The fourth-order valence-electron chi connectivity index (χ4n) is 1.66. The van der Waals surface area contributed by atoms with Crippen LogP contribution in [0.1, 0.15) is 13.8 Å². The van der Waals surface area contributed by atoms with E-state index >= 15 is 0 Å². The first-order chi connectivity index (χ1) is 6.65. The molecule has 0 spiro atoms. The third-order valence-corrected chi connectivity index (χ3v) is 2.67. The number of carbonyl (C=O) groups excluding carboxylic acids is 1. The van der Waals surface area contributed by atoms with Gasteiger partial charge in [0.25, 0.3) is 0 Å². The Morgan fingerprint density at radius 2 is 2.36 bits per heavy atom. The lowest BCUT2D eigenvalue weighted by atomic mass is 9.97. The number of nitrogens with two attached hydrogens (primary N) is 1. The van der Waals surface area contributed by atoms with Gasteiger partial charge in [-0.25, -0.2) is 0 Å². The molecule has 1 aromatic heterocycles. The Hall–Kier alpha value is -1.36. The molecule has 1 fully saturated rings. The molecule has 1 aromatic rings. The van der Waals surface area contributed by atoms with Crippen LogP contribution in [0.4, 0.5) is 5.69 Å². The zero-order chi connectivity index (χ0) is 10.3. The van der Waals surface area contributed by atoms with E-state index in [1.54, 1.807) is 15.8 Å².